The maximum absolute atomic E-state index is 14.2. The Balaban J connectivity index is 2.42. The number of benzene rings is 2. The van der Waals surface area contributed by atoms with Crippen molar-refractivity contribution in [3.8, 4) is 5.75 Å². The van der Waals surface area contributed by atoms with Gasteiger partial charge in [0.15, 0.2) is 0 Å². The molecular formula is C73H112N18O24. The Morgan fingerprint density at radius 2 is 0.739 bits per heavy atom. The molecule has 0 saturated heterocycles. The molecule has 2 aromatic rings. The van der Waals surface area contributed by atoms with Crippen LogP contribution < -0.4 is 97.8 Å². The van der Waals surface area contributed by atoms with Gasteiger partial charge in [-0.15, -0.1) is 0 Å². The van der Waals surface area contributed by atoms with Gasteiger partial charge in [-0.2, -0.15) is 0 Å². The van der Waals surface area contributed by atoms with Gasteiger partial charge in [0.05, 0.1) is 44.1 Å². The molecule has 0 fully saturated rings. The largest absolute Gasteiger partial charge is 0.508 e. The van der Waals surface area contributed by atoms with Crippen LogP contribution in [-0.4, -0.2) is 235 Å². The van der Waals surface area contributed by atoms with E-state index in [-0.39, 0.29) is 43.3 Å². The number of rotatable bonds is 52. The van der Waals surface area contributed by atoms with Gasteiger partial charge < -0.3 is 123 Å². The second-order valence-electron chi connectivity index (χ2n) is 29.0. The zero-order valence-corrected chi connectivity index (χ0v) is 65.7. The Morgan fingerprint density at radius 1 is 0.374 bits per heavy atom. The van der Waals surface area contributed by atoms with Crippen LogP contribution in [0.2, 0.25) is 0 Å². The summed E-state index contributed by atoms with van der Waals surface area (Å²) in [6.45, 7) is 14.3. The lowest BCUT2D eigenvalue weighted by atomic mass is 9.95. The Labute approximate surface area is 663 Å². The number of aromatic hydroxyl groups is 1. The van der Waals surface area contributed by atoms with Gasteiger partial charge >= 0.3 is 11.9 Å². The molecule has 0 aliphatic rings. The topological polar surface area (TPSA) is 712 Å². The predicted octanol–water partition coefficient (Wildman–Crippen LogP) is -7.16. The number of aliphatic hydroxyl groups is 2. The average molecular weight is 1630 g/mol. The lowest BCUT2D eigenvalue weighted by Crippen LogP contribution is -2.63. The molecule has 0 heterocycles. The normalized spacial score (nSPS) is 15.3. The van der Waals surface area contributed by atoms with Crippen LogP contribution in [0.15, 0.2) is 54.6 Å². The maximum atomic E-state index is 14.2. The van der Waals surface area contributed by atoms with Crippen LogP contribution in [0.5, 0.6) is 5.75 Å². The molecule has 17 amide bonds. The first-order chi connectivity index (χ1) is 53.6. The first-order valence-corrected chi connectivity index (χ1v) is 37.1. The Kier molecular flexibility index (Phi) is 42.1. The van der Waals surface area contributed by atoms with Crippen LogP contribution in [0.3, 0.4) is 0 Å². The number of carbonyl (C=O) groups is 19. The van der Waals surface area contributed by atoms with E-state index < -0.39 is 266 Å². The van der Waals surface area contributed by atoms with Crippen molar-refractivity contribution in [2.75, 3.05) is 6.54 Å². The van der Waals surface area contributed by atoms with Crippen molar-refractivity contribution < 1.29 is 117 Å². The van der Waals surface area contributed by atoms with Crippen molar-refractivity contribution in [1.29, 1.82) is 0 Å². The molecule has 0 radical (unpaired) electrons. The van der Waals surface area contributed by atoms with Gasteiger partial charge in [0.2, 0.25) is 100 Å². The summed E-state index contributed by atoms with van der Waals surface area (Å²) in [4.78, 5) is 255. The minimum absolute atomic E-state index is 0.0339. The number of primary amides is 4. The van der Waals surface area contributed by atoms with Crippen molar-refractivity contribution in [3.63, 3.8) is 0 Å². The number of nitrogens with two attached hydrogens (primary N) is 5. The van der Waals surface area contributed by atoms with E-state index in [9.17, 15) is 117 Å². The standard InChI is InChI=1S/C73H112N18O24/c1-11-36(8)58(89-66(107)45(26-34(4)5)83-61(102)42(74)25-33(2)3)71(112)81-43(21-23-51(75)95)62(103)85-48(30-54(78)98)67(108)88-57(35(6)7)70(111)91-60(38(10)93)72(113)82-44(22-24-52(76)96)63(104)84-47(29-53(77)97)65(106)86-49(31-56(100)101)68(109)90-59(37(9)92)69(110)79-32-55(99)80-46(27-39-15-13-12-14-16-39)64(105)87-50(73(114)115)28-40-17-19-41(94)20-18-40/h12-20,33-38,42-50,57-60,92-94H,11,21-32,74H2,1-10H3,(H2,75,95)(H2,76,96)(H2,77,97)(H2,78,98)(H,79,110)(H,80,99)(H,81,112)(H,82,113)(H,83,102)(H,84,104)(H,85,103)(H,86,106)(H,87,105)(H,88,108)(H,89,107)(H,90,109)(H,91,111)(H,100,101)(H,114,115)/t36-,37+,38+,42-,43-,44-,45-,46-,47-,48-,49-,50-,57-,58-,59-,60-/m0/s1. The van der Waals surface area contributed by atoms with Crippen molar-refractivity contribution in [3.05, 3.63) is 65.7 Å². The second kappa shape index (κ2) is 48.9. The highest BCUT2D eigenvalue weighted by Gasteiger charge is 2.40. The van der Waals surface area contributed by atoms with Gasteiger partial charge in [0, 0.05) is 25.7 Å². The molecule has 16 atom stereocenters. The molecule has 2 rings (SSSR count). The number of nitrogens with one attached hydrogen (secondary N) is 13. The quantitative estimate of drug-likeness (QED) is 0.0293. The third-order valence-electron chi connectivity index (χ3n) is 17.6. The number of carboxylic acids is 2. The fourth-order valence-corrected chi connectivity index (χ4v) is 11.2. The number of carbonyl (C=O) groups excluding carboxylic acids is 17. The van der Waals surface area contributed by atoms with Crippen LogP contribution in [0.1, 0.15) is 145 Å². The van der Waals surface area contributed by atoms with Crippen LogP contribution in [0.25, 0.3) is 0 Å². The Morgan fingerprint density at radius 3 is 1.17 bits per heavy atom. The minimum atomic E-state index is -2.25. The van der Waals surface area contributed by atoms with Gasteiger partial charge in [0.1, 0.15) is 78.3 Å². The van der Waals surface area contributed by atoms with Gasteiger partial charge in [-0.3, -0.25) is 86.3 Å². The Bertz CT molecular complexity index is 3750. The molecule has 0 aliphatic carbocycles. The smallest absolute Gasteiger partial charge is 0.326 e. The van der Waals surface area contributed by atoms with E-state index in [1.54, 1.807) is 58.0 Å². The number of phenols is 1. The monoisotopic (exact) mass is 1620 g/mol. The zero-order chi connectivity index (χ0) is 87.4. The number of phenolic OH excluding ortho intramolecular Hbond substituents is 1. The number of amides is 17. The summed E-state index contributed by atoms with van der Waals surface area (Å²) >= 11 is 0. The number of hydrogen-bond acceptors (Lipinski definition) is 23. The SMILES string of the molecule is CC[C@H](C)[C@H](NC(=O)[C@H](CC(C)C)NC(=O)[C@@H](N)CC(C)C)C(=O)N[C@@H](CCC(N)=O)C(=O)N[C@@H](CC(N)=O)C(=O)N[C@H](C(=O)N[C@H](C(=O)N[C@@H](CCC(N)=O)C(=O)N[C@@H](CC(N)=O)C(=O)N[C@@H](CC(=O)O)C(=O)N[C@H](C(=O)NCC(=O)N[C@@H](Cc1ccccc1)C(=O)N[C@@H](Cc1ccc(O)cc1)C(=O)O)[C@@H](C)O)[C@@H](C)O)C(C)C. The van der Waals surface area contributed by atoms with Crippen molar-refractivity contribution in [2.45, 2.75) is 237 Å². The van der Waals surface area contributed by atoms with Crippen LogP contribution >= 0.6 is 0 Å². The summed E-state index contributed by atoms with van der Waals surface area (Å²) < 4.78 is 0. The molecular weight excluding hydrogens is 1510 g/mol. The summed E-state index contributed by atoms with van der Waals surface area (Å²) in [7, 11) is 0. The molecule has 638 valence electrons. The average Bonchev–Trinajstić information content (AvgIpc) is 0.849. The van der Waals surface area contributed by atoms with Crippen LogP contribution in [0, 0.1) is 23.7 Å². The highest BCUT2D eigenvalue weighted by atomic mass is 16.4. The van der Waals surface area contributed by atoms with E-state index in [0.717, 1.165) is 13.8 Å². The van der Waals surface area contributed by atoms with Gasteiger partial charge in [-0.1, -0.05) is 104 Å². The molecule has 2 aromatic carbocycles. The van der Waals surface area contributed by atoms with Gasteiger partial charge in [0.25, 0.3) is 0 Å². The van der Waals surface area contributed by atoms with Crippen LogP contribution in [0.4, 0.5) is 0 Å². The third kappa shape index (κ3) is 36.6. The summed E-state index contributed by atoms with van der Waals surface area (Å²) in [6, 6.07) is -9.05. The summed E-state index contributed by atoms with van der Waals surface area (Å²) in [5, 5.41) is 80.9. The van der Waals surface area contributed by atoms with E-state index in [2.05, 4.69) is 58.5 Å². The molecule has 0 unspecified atom stereocenters. The van der Waals surface area contributed by atoms with E-state index in [1.165, 1.54) is 38.1 Å². The first-order valence-electron chi connectivity index (χ1n) is 37.1. The fraction of sp³-hybridized carbons (Fsp3) is 0.575. The van der Waals surface area contributed by atoms with Crippen molar-refractivity contribution in [1.82, 2.24) is 69.1 Å². The summed E-state index contributed by atoms with van der Waals surface area (Å²) in [5.41, 5.74) is 28.7. The molecule has 0 bridgehead atoms. The van der Waals surface area contributed by atoms with Crippen molar-refractivity contribution >= 4 is 112 Å². The summed E-state index contributed by atoms with van der Waals surface area (Å²) in [5.74, 6) is -25.0. The molecule has 0 aromatic heterocycles. The highest BCUT2D eigenvalue weighted by molar-refractivity contribution is 6.02. The molecule has 115 heavy (non-hydrogen) atoms. The fourth-order valence-electron chi connectivity index (χ4n) is 11.2. The zero-order valence-electron chi connectivity index (χ0n) is 65.7. The first kappa shape index (κ1) is 99.1. The second-order valence-corrected chi connectivity index (χ2v) is 29.0. The van der Waals surface area contributed by atoms with Crippen molar-refractivity contribution in [2.24, 2.45) is 52.3 Å². The number of aliphatic hydroxyl groups excluding tert-OH is 2. The molecule has 42 heteroatoms. The number of carboxylic acid groups (broad SMARTS) is 2. The van der Waals surface area contributed by atoms with E-state index >= 15 is 0 Å². The molecule has 0 saturated carbocycles. The highest BCUT2D eigenvalue weighted by Crippen LogP contribution is 2.17. The molecule has 0 spiro atoms. The lowest BCUT2D eigenvalue weighted by molar-refractivity contribution is -0.142. The molecule has 0 aliphatic heterocycles. The van der Waals surface area contributed by atoms with Gasteiger partial charge in [-0.25, -0.2) is 4.79 Å². The van der Waals surface area contributed by atoms with E-state index in [4.69, 9.17) is 28.7 Å². The molecule has 42 nitrogen and oxygen atoms in total. The Hall–Kier alpha value is -12.0. The maximum Gasteiger partial charge on any atom is 0.326 e. The molecule has 28 N–H and O–H groups in total. The number of hydrogen-bond donors (Lipinski definition) is 23. The number of aliphatic carboxylic acids is 2. The minimum Gasteiger partial charge on any atom is -0.508 e. The van der Waals surface area contributed by atoms with Crippen LogP contribution in [-0.2, 0) is 104 Å². The summed E-state index contributed by atoms with van der Waals surface area (Å²) in [6.07, 6.45) is -9.48. The third-order valence-corrected chi connectivity index (χ3v) is 17.6. The predicted molar refractivity (Wildman–Crippen MR) is 407 cm³/mol. The van der Waals surface area contributed by atoms with E-state index in [0.29, 0.717) is 17.5 Å². The van der Waals surface area contributed by atoms with E-state index in [1.807, 2.05) is 24.5 Å². The van der Waals surface area contributed by atoms with Gasteiger partial charge in [-0.05, 0) is 86.5 Å². The lowest BCUT2D eigenvalue weighted by Gasteiger charge is -2.30.